The molecule has 7 heteroatoms. The maximum atomic E-state index is 12.9. The number of carbonyl (C=O) groups is 3. The average Bonchev–Trinajstić information content (AvgIpc) is 2.99. The minimum absolute atomic E-state index is 0.334. The van der Waals surface area contributed by atoms with Crippen molar-refractivity contribution in [2.75, 3.05) is 36.5 Å². The lowest BCUT2D eigenvalue weighted by Crippen LogP contribution is -2.45. The number of nitrogens with one attached hydrogen (secondary N) is 1. The van der Waals surface area contributed by atoms with E-state index in [2.05, 4.69) is 10.2 Å². The third kappa shape index (κ3) is 3.14. The zero-order chi connectivity index (χ0) is 19.7. The maximum absolute atomic E-state index is 12.9. The van der Waals surface area contributed by atoms with E-state index >= 15 is 0 Å². The standard InChI is InChI=1S/C21H21N3O4/c1-14(24-20(26)15-6-2-3-7-16(15)21(24)27)19(25)22-17-8-4-5-9-18(17)23-10-12-28-13-11-23/h2-9,14H,10-13H2,1H3,(H,22,25)/t14-/m0/s1. The Balaban J connectivity index is 1.54. The number of nitrogens with zero attached hydrogens (tertiary/aromatic N) is 2. The highest BCUT2D eigenvalue weighted by molar-refractivity contribution is 6.23. The van der Waals surface area contributed by atoms with Gasteiger partial charge in [-0.15, -0.1) is 0 Å². The Kier molecular flexibility index (Phi) is 4.83. The number of ether oxygens (including phenoxy) is 1. The number of hydrogen-bond donors (Lipinski definition) is 1. The van der Waals surface area contributed by atoms with Crippen LogP contribution in [0, 0.1) is 0 Å². The average molecular weight is 379 g/mol. The van der Waals surface area contributed by atoms with Gasteiger partial charge in [0.05, 0.1) is 35.7 Å². The molecular formula is C21H21N3O4. The summed E-state index contributed by atoms with van der Waals surface area (Å²) in [4.78, 5) is 41.3. The number of anilines is 2. The molecule has 2 aromatic carbocycles. The molecule has 4 rings (SSSR count). The smallest absolute Gasteiger partial charge is 0.262 e. The summed E-state index contributed by atoms with van der Waals surface area (Å²) in [7, 11) is 0. The second-order valence-corrected chi connectivity index (χ2v) is 6.81. The second-order valence-electron chi connectivity index (χ2n) is 6.81. The molecule has 1 saturated heterocycles. The van der Waals surface area contributed by atoms with Gasteiger partial charge in [-0.25, -0.2) is 0 Å². The molecule has 2 heterocycles. The van der Waals surface area contributed by atoms with E-state index < -0.39 is 23.8 Å². The van der Waals surface area contributed by atoms with Crippen molar-refractivity contribution in [3.63, 3.8) is 0 Å². The number of para-hydroxylation sites is 2. The van der Waals surface area contributed by atoms with Crippen molar-refractivity contribution in [3.05, 3.63) is 59.7 Å². The molecule has 2 aliphatic rings. The highest BCUT2D eigenvalue weighted by Crippen LogP contribution is 2.28. The molecule has 2 aliphatic heterocycles. The Morgan fingerprint density at radius 2 is 1.54 bits per heavy atom. The van der Waals surface area contributed by atoms with Gasteiger partial charge in [-0.05, 0) is 31.2 Å². The molecule has 0 aliphatic carbocycles. The Bertz CT molecular complexity index is 902. The molecule has 3 amide bonds. The van der Waals surface area contributed by atoms with Crippen LogP contribution in [0.1, 0.15) is 27.6 Å². The summed E-state index contributed by atoms with van der Waals surface area (Å²) in [6.07, 6.45) is 0. The molecule has 1 N–H and O–H groups in total. The highest BCUT2D eigenvalue weighted by Gasteiger charge is 2.40. The minimum atomic E-state index is -0.926. The number of morpholine rings is 1. The summed E-state index contributed by atoms with van der Waals surface area (Å²) < 4.78 is 5.39. The van der Waals surface area contributed by atoms with E-state index in [-0.39, 0.29) is 0 Å². The monoisotopic (exact) mass is 379 g/mol. The van der Waals surface area contributed by atoms with Gasteiger partial charge in [0.15, 0.2) is 0 Å². The van der Waals surface area contributed by atoms with Gasteiger partial charge in [0.2, 0.25) is 5.91 Å². The SMILES string of the molecule is C[C@@H](C(=O)Nc1ccccc1N1CCOCC1)N1C(=O)c2ccccc2C1=O. The molecule has 1 fully saturated rings. The summed E-state index contributed by atoms with van der Waals surface area (Å²) >= 11 is 0. The van der Waals surface area contributed by atoms with E-state index in [9.17, 15) is 14.4 Å². The number of imide groups is 1. The molecule has 0 spiro atoms. The number of rotatable bonds is 4. The molecule has 0 bridgehead atoms. The van der Waals surface area contributed by atoms with Crippen molar-refractivity contribution in [1.29, 1.82) is 0 Å². The van der Waals surface area contributed by atoms with Crippen LogP contribution in [0.25, 0.3) is 0 Å². The number of benzene rings is 2. The first-order valence-corrected chi connectivity index (χ1v) is 9.27. The molecule has 0 unspecified atom stereocenters. The Morgan fingerprint density at radius 1 is 0.964 bits per heavy atom. The highest BCUT2D eigenvalue weighted by atomic mass is 16.5. The lowest BCUT2D eigenvalue weighted by atomic mass is 10.1. The van der Waals surface area contributed by atoms with Crippen LogP contribution in [-0.4, -0.2) is 55.0 Å². The molecular weight excluding hydrogens is 358 g/mol. The van der Waals surface area contributed by atoms with Crippen molar-refractivity contribution < 1.29 is 19.1 Å². The lowest BCUT2D eigenvalue weighted by molar-refractivity contribution is -0.119. The summed E-state index contributed by atoms with van der Waals surface area (Å²) in [5.41, 5.74) is 2.22. The minimum Gasteiger partial charge on any atom is -0.378 e. The van der Waals surface area contributed by atoms with Crippen molar-refractivity contribution in [3.8, 4) is 0 Å². The van der Waals surface area contributed by atoms with Gasteiger partial charge in [-0.2, -0.15) is 0 Å². The van der Waals surface area contributed by atoms with Gasteiger partial charge in [0.1, 0.15) is 6.04 Å². The number of fused-ring (bicyclic) bond motifs is 1. The zero-order valence-corrected chi connectivity index (χ0v) is 15.6. The van der Waals surface area contributed by atoms with Crippen molar-refractivity contribution in [2.45, 2.75) is 13.0 Å². The molecule has 0 radical (unpaired) electrons. The fourth-order valence-electron chi connectivity index (χ4n) is 3.57. The van der Waals surface area contributed by atoms with E-state index in [0.717, 1.165) is 23.7 Å². The van der Waals surface area contributed by atoms with E-state index in [0.29, 0.717) is 30.0 Å². The molecule has 1 atom stereocenters. The van der Waals surface area contributed by atoms with E-state index in [1.165, 1.54) is 0 Å². The first-order chi connectivity index (χ1) is 13.6. The first kappa shape index (κ1) is 18.2. The van der Waals surface area contributed by atoms with Gasteiger partial charge >= 0.3 is 0 Å². The molecule has 28 heavy (non-hydrogen) atoms. The lowest BCUT2D eigenvalue weighted by Gasteiger charge is -2.31. The molecule has 2 aromatic rings. The first-order valence-electron chi connectivity index (χ1n) is 9.27. The van der Waals surface area contributed by atoms with Crippen molar-refractivity contribution in [2.24, 2.45) is 0 Å². The summed E-state index contributed by atoms with van der Waals surface area (Å²) in [5.74, 6) is -1.29. The molecule has 7 nitrogen and oxygen atoms in total. The summed E-state index contributed by atoms with van der Waals surface area (Å²) in [6, 6.07) is 13.2. The third-order valence-electron chi connectivity index (χ3n) is 5.11. The number of hydrogen-bond acceptors (Lipinski definition) is 5. The number of carbonyl (C=O) groups excluding carboxylic acids is 3. The van der Waals surface area contributed by atoms with Gasteiger partial charge in [0, 0.05) is 13.1 Å². The van der Waals surface area contributed by atoms with Crippen LogP contribution in [0.5, 0.6) is 0 Å². The van der Waals surface area contributed by atoms with Crippen molar-refractivity contribution in [1.82, 2.24) is 4.90 Å². The fraction of sp³-hybridized carbons (Fsp3) is 0.286. The Hall–Kier alpha value is -3.19. The van der Waals surface area contributed by atoms with Gasteiger partial charge in [-0.1, -0.05) is 24.3 Å². The van der Waals surface area contributed by atoms with Crippen molar-refractivity contribution >= 4 is 29.1 Å². The van der Waals surface area contributed by atoms with Crippen LogP contribution in [0.4, 0.5) is 11.4 Å². The van der Waals surface area contributed by atoms with Gasteiger partial charge < -0.3 is 15.0 Å². The van der Waals surface area contributed by atoms with E-state index in [4.69, 9.17) is 4.74 Å². The van der Waals surface area contributed by atoms with E-state index in [1.54, 1.807) is 31.2 Å². The van der Waals surface area contributed by atoms with Crippen LogP contribution < -0.4 is 10.2 Å². The predicted octanol–water partition coefficient (Wildman–Crippen LogP) is 2.15. The van der Waals surface area contributed by atoms with Crippen LogP contribution in [0.2, 0.25) is 0 Å². The van der Waals surface area contributed by atoms with Crippen LogP contribution in [-0.2, 0) is 9.53 Å². The quantitative estimate of drug-likeness (QED) is 0.824. The molecule has 0 aromatic heterocycles. The maximum Gasteiger partial charge on any atom is 0.262 e. The zero-order valence-electron chi connectivity index (χ0n) is 15.6. The molecule has 0 saturated carbocycles. The Labute approximate surface area is 162 Å². The summed E-state index contributed by atoms with van der Waals surface area (Å²) in [5, 5.41) is 2.88. The second kappa shape index (κ2) is 7.44. The van der Waals surface area contributed by atoms with Gasteiger partial charge in [-0.3, -0.25) is 19.3 Å². The predicted molar refractivity (Wildman–Crippen MR) is 105 cm³/mol. The third-order valence-corrected chi connectivity index (χ3v) is 5.11. The normalized spacial score (nSPS) is 17.5. The van der Waals surface area contributed by atoms with Crippen LogP contribution in [0.15, 0.2) is 48.5 Å². The largest absolute Gasteiger partial charge is 0.378 e. The molecule has 144 valence electrons. The summed E-state index contributed by atoms with van der Waals surface area (Å²) in [6.45, 7) is 4.30. The van der Waals surface area contributed by atoms with Crippen LogP contribution >= 0.6 is 0 Å². The topological polar surface area (TPSA) is 79.0 Å². The van der Waals surface area contributed by atoms with Gasteiger partial charge in [0.25, 0.3) is 11.8 Å². The Morgan fingerprint density at radius 3 is 2.18 bits per heavy atom. The van der Waals surface area contributed by atoms with Crippen LogP contribution in [0.3, 0.4) is 0 Å². The number of amides is 3. The fourth-order valence-corrected chi connectivity index (χ4v) is 3.57. The van der Waals surface area contributed by atoms with E-state index in [1.807, 2.05) is 24.3 Å².